The van der Waals surface area contributed by atoms with Gasteiger partial charge in [-0.3, -0.25) is 20.2 Å². The van der Waals surface area contributed by atoms with Gasteiger partial charge in [-0.25, -0.2) is 0 Å². The van der Waals surface area contributed by atoms with Crippen molar-refractivity contribution in [3.63, 3.8) is 0 Å². The van der Waals surface area contributed by atoms with Crippen LogP contribution < -0.4 is 25.4 Å². The van der Waals surface area contributed by atoms with Crippen molar-refractivity contribution < 1.29 is 47.9 Å². The van der Waals surface area contributed by atoms with Crippen molar-refractivity contribution in [2.75, 3.05) is 41.6 Å². The fraction of sp³-hybridized carbons (Fsp3) is 0.462. The van der Waals surface area contributed by atoms with Crippen molar-refractivity contribution in [3.8, 4) is 17.2 Å². The molecule has 1 aliphatic carbocycles. The predicted molar refractivity (Wildman–Crippen MR) is 210 cm³/mol. The molecule has 0 heterocycles. The van der Waals surface area contributed by atoms with Crippen LogP contribution >= 0.6 is 11.9 Å². The van der Waals surface area contributed by atoms with Gasteiger partial charge in [0, 0.05) is 43.7 Å². The molecule has 0 saturated carbocycles. The molecule has 53 heavy (non-hydrogen) atoms. The molecule has 14 heteroatoms. The van der Waals surface area contributed by atoms with E-state index in [2.05, 4.69) is 11.9 Å². The van der Waals surface area contributed by atoms with Gasteiger partial charge < -0.3 is 38.8 Å². The van der Waals surface area contributed by atoms with Gasteiger partial charge in [0.25, 0.3) is 5.91 Å². The van der Waals surface area contributed by atoms with Gasteiger partial charge in [-0.1, -0.05) is 58.1 Å². The molecule has 1 amide bonds. The highest BCUT2D eigenvalue weighted by molar-refractivity contribution is 8.00. The van der Waals surface area contributed by atoms with E-state index in [0.29, 0.717) is 59.2 Å². The summed E-state index contributed by atoms with van der Waals surface area (Å²) in [7, 11) is 6.03. The van der Waals surface area contributed by atoms with Crippen molar-refractivity contribution >= 4 is 29.6 Å². The third-order valence-corrected chi connectivity index (χ3v) is 8.00. The SMILES string of the molecule is C=C(CC=C/C(C)=C\C)SN(N)C(CNC(=O)CO/C(C(C)=O)=C(/Oc1cc(OC)cc(OC)c1)C1=CC(OC)=C(OC)CCC1)C(=O)O.CC.CC. The number of methoxy groups -OCH3 is 4. The largest absolute Gasteiger partial charge is 0.497 e. The summed E-state index contributed by atoms with van der Waals surface area (Å²) in [6.45, 7) is 16.1. The Hall–Kier alpha value is -4.66. The number of carbonyl (C=O) groups excluding carboxylic acids is 2. The second kappa shape index (κ2) is 27.0. The number of hydrogen-bond acceptors (Lipinski definition) is 12. The van der Waals surface area contributed by atoms with Crippen LogP contribution in [-0.2, 0) is 28.6 Å². The zero-order valence-electron chi connectivity index (χ0n) is 33.1. The summed E-state index contributed by atoms with van der Waals surface area (Å²) in [5.74, 6) is 5.60. The molecule has 1 aromatic carbocycles. The number of carboxylic acid groups (broad SMARTS) is 1. The number of nitrogens with two attached hydrogens (primary N) is 1. The second-order valence-corrected chi connectivity index (χ2v) is 11.8. The minimum atomic E-state index is -1.29. The quantitative estimate of drug-likeness (QED) is 0.0301. The third kappa shape index (κ3) is 17.1. The predicted octanol–water partition coefficient (Wildman–Crippen LogP) is 7.39. The number of ether oxygens (including phenoxy) is 6. The smallest absolute Gasteiger partial charge is 0.325 e. The first kappa shape index (κ1) is 48.3. The number of hydrazine groups is 1. The van der Waals surface area contributed by atoms with E-state index in [1.807, 2.05) is 59.8 Å². The van der Waals surface area contributed by atoms with Crippen LogP contribution in [-0.4, -0.2) is 74.8 Å². The number of benzene rings is 1. The van der Waals surface area contributed by atoms with Crippen molar-refractivity contribution in [2.24, 2.45) is 5.84 Å². The first-order valence-corrected chi connectivity index (χ1v) is 18.1. The molecule has 0 spiro atoms. The van der Waals surface area contributed by atoms with Gasteiger partial charge in [-0.2, -0.15) is 4.41 Å². The van der Waals surface area contributed by atoms with Crippen LogP contribution in [0.15, 0.2) is 88.2 Å². The average Bonchev–Trinajstić information content (AvgIpc) is 3.37. The Balaban J connectivity index is 0.00000652. The third-order valence-electron chi connectivity index (χ3n) is 7.11. The zero-order chi connectivity index (χ0) is 40.5. The number of Topliss-reactive ketones (excluding diaryl/α,β-unsaturated/α-hetero) is 1. The van der Waals surface area contributed by atoms with Crippen molar-refractivity contribution in [3.05, 3.63) is 88.2 Å². The molecule has 296 valence electrons. The van der Waals surface area contributed by atoms with E-state index in [1.165, 1.54) is 28.3 Å². The number of amides is 1. The Bertz CT molecular complexity index is 1490. The van der Waals surface area contributed by atoms with Crippen molar-refractivity contribution in [1.82, 2.24) is 9.73 Å². The van der Waals surface area contributed by atoms with Crippen LogP contribution in [0.1, 0.15) is 74.1 Å². The standard InChI is InChI=1S/C35H47N3O10S.2C2H6/c1-9-22(2)12-10-13-23(3)49-38(36)29(35(41)42)20-37-32(40)21-47-33(24(4)39)34(25-14-11-15-30(45-7)31(16-25)46-8)48-28-18-26(43-5)17-27(19-28)44-6;2*1-2/h9-10,12,16-19,29H,3,11,13-15,20-21,36H2,1-2,4-8H3,(H,37,40)(H,41,42);2*1-2H3/b12-10?,22-9-,34-33+;;. The highest BCUT2D eigenvalue weighted by Crippen LogP contribution is 2.34. The molecule has 0 aliphatic heterocycles. The highest BCUT2D eigenvalue weighted by atomic mass is 32.2. The molecule has 0 fully saturated rings. The first-order chi connectivity index (χ1) is 25.4. The zero-order valence-corrected chi connectivity index (χ0v) is 33.9. The molecule has 2 rings (SSSR count). The molecule has 1 aliphatic rings. The highest BCUT2D eigenvalue weighted by Gasteiger charge is 2.27. The lowest BCUT2D eigenvalue weighted by atomic mass is 10.1. The summed E-state index contributed by atoms with van der Waals surface area (Å²) in [4.78, 5) is 38.6. The summed E-state index contributed by atoms with van der Waals surface area (Å²) >= 11 is 0.967. The Kier molecular flexibility index (Phi) is 24.6. The van der Waals surface area contributed by atoms with E-state index in [9.17, 15) is 19.5 Å². The molecule has 4 N–H and O–H groups in total. The summed E-state index contributed by atoms with van der Waals surface area (Å²) in [6, 6.07) is 3.58. The molecule has 1 aromatic rings. The molecule has 13 nitrogen and oxygen atoms in total. The van der Waals surface area contributed by atoms with E-state index in [4.69, 9.17) is 34.3 Å². The first-order valence-electron chi connectivity index (χ1n) is 17.4. The number of rotatable bonds is 20. The topological polar surface area (TPSA) is 168 Å². The number of ketones is 1. The van der Waals surface area contributed by atoms with Crippen LogP contribution in [0.4, 0.5) is 0 Å². The summed E-state index contributed by atoms with van der Waals surface area (Å²) < 4.78 is 34.9. The van der Waals surface area contributed by atoms with Gasteiger partial charge in [0.1, 0.15) is 23.0 Å². The second-order valence-electron chi connectivity index (χ2n) is 10.7. The maximum Gasteiger partial charge on any atom is 0.325 e. The Morgan fingerprint density at radius 3 is 2.09 bits per heavy atom. The van der Waals surface area contributed by atoms with Gasteiger partial charge >= 0.3 is 5.97 Å². The summed E-state index contributed by atoms with van der Waals surface area (Å²) in [5.41, 5.74) is 1.62. The monoisotopic (exact) mass is 761 g/mol. The summed E-state index contributed by atoms with van der Waals surface area (Å²) in [5, 5.41) is 12.3. The van der Waals surface area contributed by atoms with Gasteiger partial charge in [-0.05, 0) is 56.0 Å². The van der Waals surface area contributed by atoms with Crippen molar-refractivity contribution in [2.45, 2.75) is 80.2 Å². The minimum Gasteiger partial charge on any atom is -0.497 e. The number of aliphatic carboxylic acids is 1. The lowest BCUT2D eigenvalue weighted by Gasteiger charge is -2.23. The Morgan fingerprint density at radius 1 is 0.981 bits per heavy atom. The Morgan fingerprint density at radius 2 is 1.58 bits per heavy atom. The maximum absolute atomic E-state index is 13.1. The fourth-order valence-corrected chi connectivity index (χ4v) is 5.14. The van der Waals surface area contributed by atoms with Gasteiger partial charge in [-0.15, -0.1) is 0 Å². The lowest BCUT2D eigenvalue weighted by Crippen LogP contribution is -2.49. The molecular formula is C39H59N3O10S. The average molecular weight is 762 g/mol. The number of allylic oxidation sites excluding steroid dienone is 9. The van der Waals surface area contributed by atoms with E-state index in [1.54, 1.807) is 31.4 Å². The van der Waals surface area contributed by atoms with Crippen LogP contribution in [0.25, 0.3) is 0 Å². The molecule has 0 saturated heterocycles. The van der Waals surface area contributed by atoms with Gasteiger partial charge in [0.05, 0.1) is 28.4 Å². The van der Waals surface area contributed by atoms with E-state index < -0.39 is 30.3 Å². The Labute approximate surface area is 319 Å². The number of carbonyl (C=O) groups is 3. The molecule has 0 radical (unpaired) electrons. The number of nitrogens with one attached hydrogen (secondary N) is 1. The molecule has 0 aromatic heterocycles. The number of hydrogen-bond donors (Lipinski definition) is 3. The van der Waals surface area contributed by atoms with Crippen LogP contribution in [0.5, 0.6) is 17.2 Å². The summed E-state index contributed by atoms with van der Waals surface area (Å²) in [6.07, 6.45) is 9.58. The van der Waals surface area contributed by atoms with E-state index in [-0.39, 0.29) is 23.8 Å². The molecule has 1 atom stereocenters. The van der Waals surface area contributed by atoms with Gasteiger partial charge in [0.15, 0.2) is 30.0 Å². The van der Waals surface area contributed by atoms with Crippen LogP contribution in [0.2, 0.25) is 0 Å². The van der Waals surface area contributed by atoms with E-state index >= 15 is 0 Å². The molecule has 0 bridgehead atoms. The minimum absolute atomic E-state index is 0.0487. The number of nitrogens with zero attached hydrogens (tertiary/aromatic N) is 1. The van der Waals surface area contributed by atoms with Gasteiger partial charge in [0.2, 0.25) is 5.76 Å². The molecule has 1 unspecified atom stereocenters. The van der Waals surface area contributed by atoms with E-state index in [0.717, 1.165) is 21.9 Å². The lowest BCUT2D eigenvalue weighted by molar-refractivity contribution is -0.141. The molecular weight excluding hydrogens is 703 g/mol. The maximum atomic E-state index is 13.1. The van der Waals surface area contributed by atoms with Crippen molar-refractivity contribution in [1.29, 1.82) is 0 Å². The number of carboxylic acids is 1. The van der Waals surface area contributed by atoms with Crippen LogP contribution in [0, 0.1) is 0 Å². The normalized spacial score (nSPS) is 13.8. The van der Waals surface area contributed by atoms with Crippen LogP contribution in [0.3, 0.4) is 0 Å². The fourth-order valence-electron chi connectivity index (χ4n) is 4.38.